The summed E-state index contributed by atoms with van der Waals surface area (Å²) < 4.78 is 12.7. The zero-order chi connectivity index (χ0) is 17.9. The summed E-state index contributed by atoms with van der Waals surface area (Å²) in [6, 6.07) is 11.1. The number of thioether (sulfide) groups is 1. The molecule has 1 amide bonds. The molecule has 132 valence electrons. The second-order valence-electron chi connectivity index (χ2n) is 5.54. The average molecular weight is 368 g/mol. The number of nitrogens with one attached hydrogen (secondary N) is 1. The number of anilines is 1. The SMILES string of the molecule is CCn1c(SCC(=O)Nc2ccc3ccoc3c2)nnc1-c1ccco1. The third kappa shape index (κ3) is 3.23. The van der Waals surface area contributed by atoms with Crippen LogP contribution in [0, 0.1) is 0 Å². The van der Waals surface area contributed by atoms with Crippen LogP contribution in [0.15, 0.2) is 62.9 Å². The summed E-state index contributed by atoms with van der Waals surface area (Å²) in [5.41, 5.74) is 1.44. The van der Waals surface area contributed by atoms with Crippen LogP contribution < -0.4 is 5.32 Å². The summed E-state index contributed by atoms with van der Waals surface area (Å²) in [5.74, 6) is 1.42. The number of benzene rings is 1. The Kier molecular flexibility index (Phi) is 4.49. The minimum absolute atomic E-state index is 0.119. The smallest absolute Gasteiger partial charge is 0.234 e. The first-order valence-corrected chi connectivity index (χ1v) is 9.10. The van der Waals surface area contributed by atoms with Crippen molar-refractivity contribution in [2.24, 2.45) is 0 Å². The number of carbonyl (C=O) groups excluding carboxylic acids is 1. The molecule has 0 fully saturated rings. The summed E-state index contributed by atoms with van der Waals surface area (Å²) >= 11 is 1.33. The van der Waals surface area contributed by atoms with Crippen LogP contribution in [0.4, 0.5) is 5.69 Å². The molecule has 3 aromatic heterocycles. The Hall–Kier alpha value is -3.00. The van der Waals surface area contributed by atoms with Crippen molar-refractivity contribution >= 4 is 34.3 Å². The van der Waals surface area contributed by atoms with Crippen molar-refractivity contribution in [2.75, 3.05) is 11.1 Å². The van der Waals surface area contributed by atoms with Crippen molar-refractivity contribution in [2.45, 2.75) is 18.6 Å². The van der Waals surface area contributed by atoms with E-state index in [1.165, 1.54) is 11.8 Å². The number of rotatable bonds is 6. The molecule has 0 saturated heterocycles. The molecule has 1 N–H and O–H groups in total. The molecule has 0 unspecified atom stereocenters. The van der Waals surface area contributed by atoms with E-state index in [1.807, 2.05) is 41.8 Å². The average Bonchev–Trinajstić information content (AvgIpc) is 3.38. The van der Waals surface area contributed by atoms with Gasteiger partial charge in [0.2, 0.25) is 5.91 Å². The second kappa shape index (κ2) is 7.09. The van der Waals surface area contributed by atoms with Gasteiger partial charge >= 0.3 is 0 Å². The van der Waals surface area contributed by atoms with Gasteiger partial charge in [-0.3, -0.25) is 9.36 Å². The Morgan fingerprint density at radius 3 is 2.92 bits per heavy atom. The van der Waals surface area contributed by atoms with Crippen molar-refractivity contribution in [1.29, 1.82) is 0 Å². The van der Waals surface area contributed by atoms with E-state index >= 15 is 0 Å². The van der Waals surface area contributed by atoms with Gasteiger partial charge in [0.25, 0.3) is 0 Å². The summed E-state index contributed by atoms with van der Waals surface area (Å²) in [7, 11) is 0. The summed E-state index contributed by atoms with van der Waals surface area (Å²) in [6.07, 6.45) is 3.22. The van der Waals surface area contributed by atoms with E-state index in [0.717, 1.165) is 11.0 Å². The van der Waals surface area contributed by atoms with Crippen LogP contribution in [0.2, 0.25) is 0 Å². The van der Waals surface area contributed by atoms with E-state index in [-0.39, 0.29) is 11.7 Å². The first kappa shape index (κ1) is 16.5. The van der Waals surface area contributed by atoms with Crippen molar-refractivity contribution in [3.8, 4) is 11.6 Å². The maximum Gasteiger partial charge on any atom is 0.234 e. The summed E-state index contributed by atoms with van der Waals surface area (Å²) in [5, 5.41) is 12.9. The molecular formula is C18H16N4O3S. The van der Waals surface area contributed by atoms with E-state index in [9.17, 15) is 4.79 Å². The largest absolute Gasteiger partial charge is 0.464 e. The highest BCUT2D eigenvalue weighted by Gasteiger charge is 2.16. The maximum atomic E-state index is 12.3. The first-order chi connectivity index (χ1) is 12.7. The minimum atomic E-state index is -0.119. The summed E-state index contributed by atoms with van der Waals surface area (Å²) in [6.45, 7) is 2.68. The standard InChI is InChI=1S/C18H16N4O3S/c1-2-22-17(14-4-3-8-24-14)20-21-18(22)26-11-16(23)19-13-6-5-12-7-9-25-15(12)10-13/h3-10H,2,11H2,1H3,(H,19,23). The third-order valence-corrected chi connectivity index (χ3v) is 4.81. The molecule has 0 aliphatic heterocycles. The normalized spacial score (nSPS) is 11.1. The molecular weight excluding hydrogens is 352 g/mol. The molecule has 8 heteroatoms. The predicted octanol–water partition coefficient (Wildman–Crippen LogP) is 4.04. The van der Waals surface area contributed by atoms with E-state index in [0.29, 0.717) is 29.0 Å². The van der Waals surface area contributed by atoms with Gasteiger partial charge in [-0.25, -0.2) is 0 Å². The fraction of sp³-hybridized carbons (Fsp3) is 0.167. The number of amides is 1. The Morgan fingerprint density at radius 2 is 2.12 bits per heavy atom. The van der Waals surface area contributed by atoms with Crippen LogP contribution in [-0.4, -0.2) is 26.4 Å². The lowest BCUT2D eigenvalue weighted by atomic mass is 10.2. The number of fused-ring (bicyclic) bond motifs is 1. The lowest BCUT2D eigenvalue weighted by molar-refractivity contribution is -0.113. The van der Waals surface area contributed by atoms with Gasteiger partial charge in [-0.15, -0.1) is 10.2 Å². The van der Waals surface area contributed by atoms with Gasteiger partial charge in [0, 0.05) is 23.7 Å². The molecule has 1 aromatic carbocycles. The lowest BCUT2D eigenvalue weighted by Crippen LogP contribution is -2.14. The number of aromatic nitrogens is 3. The molecule has 4 rings (SSSR count). The highest BCUT2D eigenvalue weighted by atomic mass is 32.2. The van der Waals surface area contributed by atoms with E-state index in [4.69, 9.17) is 8.83 Å². The van der Waals surface area contributed by atoms with Gasteiger partial charge in [0.05, 0.1) is 18.3 Å². The number of hydrogen-bond acceptors (Lipinski definition) is 6. The Balaban J connectivity index is 1.42. The van der Waals surface area contributed by atoms with Gasteiger partial charge in [-0.1, -0.05) is 11.8 Å². The van der Waals surface area contributed by atoms with Crippen molar-refractivity contribution < 1.29 is 13.6 Å². The number of hydrogen-bond donors (Lipinski definition) is 1. The van der Waals surface area contributed by atoms with Crippen LogP contribution in [-0.2, 0) is 11.3 Å². The van der Waals surface area contributed by atoms with E-state index in [2.05, 4.69) is 15.5 Å². The zero-order valence-corrected chi connectivity index (χ0v) is 14.8. The first-order valence-electron chi connectivity index (χ1n) is 8.11. The molecule has 0 bridgehead atoms. The van der Waals surface area contributed by atoms with Gasteiger partial charge < -0.3 is 14.2 Å². The highest BCUT2D eigenvalue weighted by molar-refractivity contribution is 7.99. The number of carbonyl (C=O) groups is 1. The van der Waals surface area contributed by atoms with Crippen LogP contribution in [0.3, 0.4) is 0 Å². The topological polar surface area (TPSA) is 86.1 Å². The highest BCUT2D eigenvalue weighted by Crippen LogP contribution is 2.25. The Bertz CT molecular complexity index is 1040. The summed E-state index contributed by atoms with van der Waals surface area (Å²) in [4.78, 5) is 12.3. The predicted molar refractivity (Wildman–Crippen MR) is 99.0 cm³/mol. The van der Waals surface area contributed by atoms with Gasteiger partial charge in [-0.05, 0) is 37.3 Å². The van der Waals surface area contributed by atoms with Crippen molar-refractivity contribution in [1.82, 2.24) is 14.8 Å². The molecule has 0 atom stereocenters. The molecule has 0 aliphatic rings. The van der Waals surface area contributed by atoms with Crippen LogP contribution in [0.1, 0.15) is 6.92 Å². The Morgan fingerprint density at radius 1 is 1.19 bits per heavy atom. The molecule has 0 spiro atoms. The third-order valence-electron chi connectivity index (χ3n) is 3.85. The Labute approximate surface area is 153 Å². The van der Waals surface area contributed by atoms with E-state index in [1.54, 1.807) is 18.6 Å². The van der Waals surface area contributed by atoms with Crippen LogP contribution in [0.5, 0.6) is 0 Å². The quantitative estimate of drug-likeness (QED) is 0.517. The molecule has 4 aromatic rings. The van der Waals surface area contributed by atoms with Gasteiger partial charge in [0.1, 0.15) is 5.58 Å². The number of furan rings is 2. The molecule has 3 heterocycles. The van der Waals surface area contributed by atoms with Gasteiger partial charge in [0.15, 0.2) is 16.7 Å². The maximum absolute atomic E-state index is 12.3. The molecule has 7 nitrogen and oxygen atoms in total. The van der Waals surface area contributed by atoms with Crippen LogP contribution >= 0.6 is 11.8 Å². The molecule has 26 heavy (non-hydrogen) atoms. The van der Waals surface area contributed by atoms with Crippen LogP contribution in [0.25, 0.3) is 22.6 Å². The molecule has 0 aliphatic carbocycles. The fourth-order valence-electron chi connectivity index (χ4n) is 2.63. The lowest BCUT2D eigenvalue weighted by Gasteiger charge is -2.07. The molecule has 0 saturated carbocycles. The molecule has 0 radical (unpaired) electrons. The number of nitrogens with zero attached hydrogens (tertiary/aromatic N) is 3. The second-order valence-corrected chi connectivity index (χ2v) is 6.48. The monoisotopic (exact) mass is 368 g/mol. The van der Waals surface area contributed by atoms with Crippen molar-refractivity contribution in [3.63, 3.8) is 0 Å². The zero-order valence-electron chi connectivity index (χ0n) is 14.0. The van der Waals surface area contributed by atoms with E-state index < -0.39 is 0 Å². The minimum Gasteiger partial charge on any atom is -0.464 e. The van der Waals surface area contributed by atoms with Crippen molar-refractivity contribution in [3.05, 3.63) is 48.9 Å². The fourth-order valence-corrected chi connectivity index (χ4v) is 3.43. The van der Waals surface area contributed by atoms with Gasteiger partial charge in [-0.2, -0.15) is 0 Å².